The van der Waals surface area contributed by atoms with Crippen molar-refractivity contribution in [3.05, 3.63) is 41.0 Å². The third-order valence-corrected chi connectivity index (χ3v) is 10.4. The summed E-state index contributed by atoms with van der Waals surface area (Å²) in [7, 11) is 1.28. The molecule has 4 aromatic rings. The van der Waals surface area contributed by atoms with Gasteiger partial charge < -0.3 is 15.4 Å². The number of hydrogen-bond acceptors (Lipinski definition) is 8. The summed E-state index contributed by atoms with van der Waals surface area (Å²) in [6, 6.07) is 4.99. The highest BCUT2D eigenvalue weighted by atomic mass is 32.1. The topological polar surface area (TPSA) is 91.3 Å². The molecular formula is C31H28F6N6OS. The van der Waals surface area contributed by atoms with Gasteiger partial charge in [-0.25, -0.2) is 13.2 Å². The molecule has 1 aliphatic carbocycles. The number of thiophene rings is 1. The van der Waals surface area contributed by atoms with E-state index in [1.165, 1.54) is 20.0 Å². The summed E-state index contributed by atoms with van der Waals surface area (Å²) in [4.78, 5) is 12.4. The largest absolute Gasteiger partial charge is 0.467 e. The number of benzene rings is 2. The Balaban J connectivity index is 0.000000308. The quantitative estimate of drug-likeness (QED) is 0.238. The Morgan fingerprint density at radius 2 is 1.93 bits per heavy atom. The van der Waals surface area contributed by atoms with Gasteiger partial charge in [0.15, 0.2) is 5.82 Å². The maximum atomic E-state index is 16.2. The number of nitrogens with two attached hydrogens (primary N) is 1. The van der Waals surface area contributed by atoms with E-state index in [4.69, 9.17) is 10.5 Å². The number of anilines is 2. The Bertz CT molecular complexity index is 1860. The summed E-state index contributed by atoms with van der Waals surface area (Å²) in [5.41, 5.74) is 2.98. The van der Waals surface area contributed by atoms with Gasteiger partial charge in [-0.2, -0.15) is 28.4 Å². The van der Waals surface area contributed by atoms with Gasteiger partial charge >= 0.3 is 12.2 Å². The smallest absolute Gasteiger partial charge is 0.417 e. The first-order valence-electron chi connectivity index (χ1n) is 14.6. The SMILES string of the molecule is COc1nc(N2CC3(CC3)C2)c2cc(C(F)(F)F)c(-c3ccc(F)c4sc(N)c(C#N)c34)c(F)c2n1.FC1CC2CCCN2C1. The van der Waals surface area contributed by atoms with Crippen molar-refractivity contribution in [2.24, 2.45) is 5.41 Å². The van der Waals surface area contributed by atoms with E-state index in [-0.39, 0.29) is 54.4 Å². The molecule has 5 heterocycles. The van der Waals surface area contributed by atoms with Crippen molar-refractivity contribution >= 4 is 43.1 Å². The molecule has 2 unspecified atom stereocenters. The number of ether oxygens (including phenoxy) is 1. The lowest BCUT2D eigenvalue weighted by Crippen LogP contribution is -2.49. The van der Waals surface area contributed by atoms with E-state index < -0.39 is 35.1 Å². The highest BCUT2D eigenvalue weighted by Gasteiger charge is 2.53. The minimum atomic E-state index is -4.98. The van der Waals surface area contributed by atoms with Crippen LogP contribution in [0, 0.1) is 28.4 Å². The van der Waals surface area contributed by atoms with Crippen molar-refractivity contribution in [1.29, 1.82) is 5.26 Å². The minimum absolute atomic E-state index is 0.0772. The molecule has 236 valence electrons. The Morgan fingerprint density at radius 1 is 1.18 bits per heavy atom. The molecule has 0 bridgehead atoms. The Hall–Kier alpha value is -3.83. The monoisotopic (exact) mass is 646 g/mol. The Morgan fingerprint density at radius 3 is 2.58 bits per heavy atom. The van der Waals surface area contributed by atoms with Crippen LogP contribution in [0.25, 0.3) is 32.1 Å². The first-order chi connectivity index (χ1) is 21.4. The molecule has 2 aromatic heterocycles. The van der Waals surface area contributed by atoms with Gasteiger partial charge in [-0.3, -0.25) is 4.90 Å². The fourth-order valence-electron chi connectivity index (χ4n) is 6.95. The standard InChI is InChI=1S/C24H16F5N5OS.C7H12FN/c1-35-22-32-18-11(21(33-22)34-8-23(9-34)4-5-23)6-13(24(27,28)29)16(17(18)26)10-2-3-14(25)19-15(10)12(7-30)20(31)36-19;8-6-4-7-2-1-3-9(7)5-6/h2-3,6H,4-5,8-9,31H2,1H3;6-7H,1-5H2. The second-order valence-corrected chi connectivity index (χ2v) is 13.3. The van der Waals surface area contributed by atoms with Crippen LogP contribution in [0.5, 0.6) is 6.01 Å². The van der Waals surface area contributed by atoms with Gasteiger partial charge in [0.05, 0.1) is 22.9 Å². The van der Waals surface area contributed by atoms with Gasteiger partial charge in [-0.15, -0.1) is 11.3 Å². The van der Waals surface area contributed by atoms with Crippen molar-refractivity contribution in [2.45, 2.75) is 50.5 Å². The van der Waals surface area contributed by atoms with E-state index in [0.717, 1.165) is 44.0 Å². The number of hydrogen-bond donors (Lipinski definition) is 1. The summed E-state index contributed by atoms with van der Waals surface area (Å²) < 4.78 is 91.6. The van der Waals surface area contributed by atoms with Crippen LogP contribution in [0.4, 0.5) is 37.2 Å². The number of alkyl halides is 4. The lowest BCUT2D eigenvalue weighted by Gasteiger charge is -2.41. The van der Waals surface area contributed by atoms with Gasteiger partial charge in [0.2, 0.25) is 0 Å². The lowest BCUT2D eigenvalue weighted by molar-refractivity contribution is -0.137. The van der Waals surface area contributed by atoms with Crippen molar-refractivity contribution < 1.29 is 31.1 Å². The predicted octanol–water partition coefficient (Wildman–Crippen LogP) is 7.06. The van der Waals surface area contributed by atoms with Crippen LogP contribution in [-0.2, 0) is 6.18 Å². The van der Waals surface area contributed by atoms with Gasteiger partial charge in [0.1, 0.15) is 34.4 Å². The number of halogens is 6. The molecule has 2 atom stereocenters. The first kappa shape index (κ1) is 29.9. The van der Waals surface area contributed by atoms with E-state index in [9.17, 15) is 27.2 Å². The van der Waals surface area contributed by atoms with Crippen LogP contribution < -0.4 is 15.4 Å². The van der Waals surface area contributed by atoms with Crippen molar-refractivity contribution in [2.75, 3.05) is 43.9 Å². The molecule has 3 aliphatic heterocycles. The molecule has 1 spiro atoms. The highest BCUT2D eigenvalue weighted by molar-refractivity contribution is 7.23. The van der Waals surface area contributed by atoms with Gasteiger partial charge in [-0.1, -0.05) is 6.07 Å². The van der Waals surface area contributed by atoms with Crippen LogP contribution in [0.15, 0.2) is 18.2 Å². The molecule has 14 heteroatoms. The second-order valence-electron chi connectivity index (χ2n) is 12.3. The molecule has 8 rings (SSSR count). The summed E-state index contributed by atoms with van der Waals surface area (Å²) in [6.45, 7) is 3.06. The zero-order valence-corrected chi connectivity index (χ0v) is 25.0. The van der Waals surface area contributed by atoms with Crippen molar-refractivity contribution in [1.82, 2.24) is 14.9 Å². The Labute approximate surface area is 258 Å². The minimum Gasteiger partial charge on any atom is -0.467 e. The third-order valence-electron chi connectivity index (χ3n) is 9.35. The molecule has 2 aromatic carbocycles. The van der Waals surface area contributed by atoms with E-state index in [2.05, 4.69) is 14.9 Å². The molecule has 4 aliphatic rings. The molecule has 45 heavy (non-hydrogen) atoms. The lowest BCUT2D eigenvalue weighted by atomic mass is 9.91. The predicted molar refractivity (Wildman–Crippen MR) is 159 cm³/mol. The van der Waals surface area contributed by atoms with E-state index in [1.54, 1.807) is 11.0 Å². The summed E-state index contributed by atoms with van der Waals surface area (Å²) in [5, 5.41) is 9.22. The van der Waals surface area contributed by atoms with E-state index in [1.807, 2.05) is 0 Å². The number of fused-ring (bicyclic) bond motifs is 3. The highest BCUT2D eigenvalue weighted by Crippen LogP contribution is 2.55. The number of methoxy groups -OCH3 is 1. The molecule has 3 saturated heterocycles. The zero-order valence-electron chi connectivity index (χ0n) is 24.1. The van der Waals surface area contributed by atoms with Crippen molar-refractivity contribution in [3.63, 3.8) is 0 Å². The summed E-state index contributed by atoms with van der Waals surface area (Å²) in [5.74, 6) is -1.89. The van der Waals surface area contributed by atoms with E-state index >= 15 is 4.39 Å². The van der Waals surface area contributed by atoms with Gasteiger partial charge in [0, 0.05) is 47.4 Å². The average molecular weight is 647 g/mol. The maximum Gasteiger partial charge on any atom is 0.417 e. The summed E-state index contributed by atoms with van der Waals surface area (Å²) >= 11 is 0.715. The molecular weight excluding hydrogens is 618 g/mol. The molecule has 2 N–H and O–H groups in total. The van der Waals surface area contributed by atoms with Crippen LogP contribution in [0.2, 0.25) is 0 Å². The zero-order chi connectivity index (χ0) is 31.8. The van der Waals surface area contributed by atoms with Crippen molar-refractivity contribution in [3.8, 4) is 23.2 Å². The van der Waals surface area contributed by atoms with Crippen LogP contribution >= 0.6 is 11.3 Å². The second kappa shape index (κ2) is 10.6. The summed E-state index contributed by atoms with van der Waals surface area (Å²) in [6.07, 6.45) is -0.111. The van der Waals surface area contributed by atoms with E-state index in [0.29, 0.717) is 37.0 Å². The number of nitrogens with zero attached hydrogens (tertiary/aromatic N) is 5. The third kappa shape index (κ3) is 5.00. The molecule has 0 amide bonds. The number of aromatic nitrogens is 2. The normalized spacial score (nSPS) is 21.9. The average Bonchev–Trinajstić information content (AvgIpc) is 3.37. The molecule has 7 nitrogen and oxygen atoms in total. The van der Waals surface area contributed by atoms with Crippen LogP contribution in [0.3, 0.4) is 0 Å². The molecule has 1 saturated carbocycles. The van der Waals surface area contributed by atoms with Gasteiger partial charge in [-0.05, 0) is 56.3 Å². The van der Waals surface area contributed by atoms with Crippen LogP contribution in [-0.4, -0.2) is 60.4 Å². The number of nitriles is 1. The fraction of sp³-hybridized carbons (Fsp3) is 0.452. The van der Waals surface area contributed by atoms with Crippen LogP contribution in [0.1, 0.15) is 43.2 Å². The Kier molecular flexibility index (Phi) is 7.05. The number of nitrogen functional groups attached to an aromatic ring is 1. The molecule has 4 fully saturated rings. The molecule has 0 radical (unpaired) electrons. The maximum absolute atomic E-state index is 16.2. The fourth-order valence-corrected chi connectivity index (χ4v) is 7.90. The first-order valence-corrected chi connectivity index (χ1v) is 15.4. The van der Waals surface area contributed by atoms with Gasteiger partial charge in [0.25, 0.3) is 0 Å². The number of rotatable bonds is 3.